The van der Waals surface area contributed by atoms with E-state index in [4.69, 9.17) is 4.99 Å². The van der Waals surface area contributed by atoms with E-state index in [1.54, 1.807) is 4.88 Å². The Balaban J connectivity index is 1.55. The molecule has 0 amide bonds. The van der Waals surface area contributed by atoms with Crippen molar-refractivity contribution >= 4 is 28.3 Å². The average molecular weight is 292 g/mol. The molecule has 2 nitrogen and oxygen atoms in total. The van der Waals surface area contributed by atoms with Gasteiger partial charge in [0.25, 0.3) is 0 Å². The van der Waals surface area contributed by atoms with Gasteiger partial charge in [-0.3, -0.25) is 4.99 Å². The monoisotopic (exact) mass is 292 g/mol. The number of aryl methyl sites for hydroxylation is 1. The zero-order chi connectivity index (χ0) is 12.7. The molecule has 0 aromatic carbocycles. The second-order valence-corrected chi connectivity index (χ2v) is 8.01. The molecule has 1 spiro atoms. The normalized spacial score (nSPS) is 30.7. The van der Waals surface area contributed by atoms with E-state index in [1.807, 2.05) is 23.1 Å². The topological polar surface area (TPSA) is 24.4 Å². The van der Waals surface area contributed by atoms with E-state index in [0.29, 0.717) is 11.6 Å². The zero-order valence-electron chi connectivity index (χ0n) is 11.2. The van der Waals surface area contributed by atoms with Crippen molar-refractivity contribution in [3.05, 3.63) is 21.9 Å². The second-order valence-electron chi connectivity index (χ2n) is 6.04. The van der Waals surface area contributed by atoms with Crippen LogP contribution in [-0.4, -0.2) is 16.5 Å². The van der Waals surface area contributed by atoms with Crippen molar-refractivity contribution in [2.75, 3.05) is 5.75 Å². The summed E-state index contributed by atoms with van der Waals surface area (Å²) in [7, 11) is 0. The van der Waals surface area contributed by atoms with Crippen molar-refractivity contribution in [2.45, 2.75) is 56.5 Å². The maximum absolute atomic E-state index is 5.04. The second kappa shape index (κ2) is 4.81. The molecule has 1 saturated heterocycles. The SMILES string of the molecule is c1cc2c(s1)CCCC2N=C1NC2(CCCC2)CS1. The molecule has 1 aliphatic heterocycles. The molecule has 19 heavy (non-hydrogen) atoms. The van der Waals surface area contributed by atoms with Gasteiger partial charge in [-0.15, -0.1) is 11.3 Å². The number of thiophene rings is 1. The van der Waals surface area contributed by atoms with E-state index in [-0.39, 0.29) is 0 Å². The lowest BCUT2D eigenvalue weighted by molar-refractivity contribution is 0.451. The van der Waals surface area contributed by atoms with Crippen LogP contribution in [0.2, 0.25) is 0 Å². The first kappa shape index (κ1) is 12.3. The van der Waals surface area contributed by atoms with Gasteiger partial charge in [-0.2, -0.15) is 0 Å². The summed E-state index contributed by atoms with van der Waals surface area (Å²) < 4.78 is 0. The summed E-state index contributed by atoms with van der Waals surface area (Å²) in [6.07, 6.45) is 9.24. The predicted molar refractivity (Wildman–Crippen MR) is 84.2 cm³/mol. The minimum atomic E-state index is 0.398. The van der Waals surface area contributed by atoms with Gasteiger partial charge in [0.05, 0.1) is 6.04 Å². The van der Waals surface area contributed by atoms with Crippen molar-refractivity contribution in [2.24, 2.45) is 4.99 Å². The molecule has 1 aromatic rings. The number of thioether (sulfide) groups is 1. The lowest BCUT2D eigenvalue weighted by Gasteiger charge is -2.23. The molecule has 2 aliphatic carbocycles. The van der Waals surface area contributed by atoms with Gasteiger partial charge in [0.15, 0.2) is 5.17 Å². The maximum atomic E-state index is 5.04. The molecule has 1 saturated carbocycles. The fraction of sp³-hybridized carbons (Fsp3) is 0.667. The van der Waals surface area contributed by atoms with E-state index in [9.17, 15) is 0 Å². The van der Waals surface area contributed by atoms with Gasteiger partial charge in [-0.05, 0) is 49.1 Å². The number of nitrogens with zero attached hydrogens (tertiary/aromatic N) is 1. The molecule has 1 aromatic heterocycles. The van der Waals surface area contributed by atoms with Crippen LogP contribution in [0.5, 0.6) is 0 Å². The quantitative estimate of drug-likeness (QED) is 0.841. The van der Waals surface area contributed by atoms with Crippen LogP contribution in [0, 0.1) is 0 Å². The highest BCUT2D eigenvalue weighted by Crippen LogP contribution is 2.40. The van der Waals surface area contributed by atoms with Crippen LogP contribution >= 0.6 is 23.1 Å². The average Bonchev–Trinajstić information content (AvgIpc) is 3.13. The minimum absolute atomic E-state index is 0.398. The van der Waals surface area contributed by atoms with Gasteiger partial charge in [-0.1, -0.05) is 24.6 Å². The Morgan fingerprint density at radius 1 is 1.26 bits per heavy atom. The third-order valence-electron chi connectivity index (χ3n) is 4.71. The minimum Gasteiger partial charge on any atom is -0.359 e. The van der Waals surface area contributed by atoms with E-state index in [2.05, 4.69) is 16.8 Å². The van der Waals surface area contributed by atoms with Crippen LogP contribution in [0.3, 0.4) is 0 Å². The summed E-state index contributed by atoms with van der Waals surface area (Å²) in [4.78, 5) is 6.61. The molecule has 102 valence electrons. The third kappa shape index (κ3) is 2.23. The molecule has 1 unspecified atom stereocenters. The highest BCUT2D eigenvalue weighted by molar-refractivity contribution is 8.14. The van der Waals surface area contributed by atoms with Gasteiger partial charge in [-0.25, -0.2) is 0 Å². The summed E-state index contributed by atoms with van der Waals surface area (Å²) in [6.45, 7) is 0. The van der Waals surface area contributed by atoms with Crippen molar-refractivity contribution < 1.29 is 0 Å². The number of amidine groups is 1. The largest absolute Gasteiger partial charge is 0.359 e. The fourth-order valence-electron chi connectivity index (χ4n) is 3.63. The summed E-state index contributed by atoms with van der Waals surface area (Å²) in [5.74, 6) is 1.23. The Morgan fingerprint density at radius 3 is 3.05 bits per heavy atom. The summed E-state index contributed by atoms with van der Waals surface area (Å²) >= 11 is 3.86. The van der Waals surface area contributed by atoms with Gasteiger partial charge in [0, 0.05) is 16.2 Å². The highest BCUT2D eigenvalue weighted by Gasteiger charge is 2.39. The van der Waals surface area contributed by atoms with Gasteiger partial charge >= 0.3 is 0 Å². The smallest absolute Gasteiger partial charge is 0.157 e. The standard InChI is InChI=1S/C15H20N2S2/c1-2-8-15(7-1)10-19-14(17-15)16-12-4-3-5-13-11(12)6-9-18-13/h6,9,12H,1-5,7-8,10H2,(H,16,17). The molecule has 2 heterocycles. The van der Waals surface area contributed by atoms with E-state index in [0.717, 1.165) is 0 Å². The van der Waals surface area contributed by atoms with Crippen LogP contribution in [0.15, 0.2) is 16.4 Å². The third-order valence-corrected chi connectivity index (χ3v) is 6.89. The predicted octanol–water partition coefficient (Wildman–Crippen LogP) is 4.13. The lowest BCUT2D eigenvalue weighted by atomic mass is 9.95. The van der Waals surface area contributed by atoms with E-state index >= 15 is 0 Å². The number of nitrogens with one attached hydrogen (secondary N) is 1. The maximum Gasteiger partial charge on any atom is 0.157 e. The van der Waals surface area contributed by atoms with E-state index < -0.39 is 0 Å². The van der Waals surface area contributed by atoms with Crippen LogP contribution < -0.4 is 5.32 Å². The Morgan fingerprint density at radius 2 is 2.16 bits per heavy atom. The zero-order valence-corrected chi connectivity index (χ0v) is 12.8. The number of fused-ring (bicyclic) bond motifs is 1. The highest BCUT2D eigenvalue weighted by atomic mass is 32.2. The molecule has 0 radical (unpaired) electrons. The molecule has 1 atom stereocenters. The first-order valence-electron chi connectivity index (χ1n) is 7.40. The van der Waals surface area contributed by atoms with Crippen LogP contribution in [0.4, 0.5) is 0 Å². The Kier molecular flexibility index (Phi) is 3.11. The summed E-state index contributed by atoms with van der Waals surface area (Å²) in [5.41, 5.74) is 1.90. The van der Waals surface area contributed by atoms with Crippen molar-refractivity contribution in [3.8, 4) is 0 Å². The number of hydrogen-bond donors (Lipinski definition) is 1. The van der Waals surface area contributed by atoms with Crippen molar-refractivity contribution in [1.29, 1.82) is 0 Å². The molecule has 2 fully saturated rings. The van der Waals surface area contributed by atoms with Gasteiger partial charge in [0.2, 0.25) is 0 Å². The van der Waals surface area contributed by atoms with Gasteiger partial charge in [0.1, 0.15) is 0 Å². The molecular weight excluding hydrogens is 272 g/mol. The Hall–Kier alpha value is -0.480. The Bertz CT molecular complexity index is 500. The molecule has 4 rings (SSSR count). The summed E-state index contributed by atoms with van der Waals surface area (Å²) in [5, 5.41) is 7.20. The molecule has 0 bridgehead atoms. The van der Waals surface area contributed by atoms with Gasteiger partial charge < -0.3 is 5.32 Å². The van der Waals surface area contributed by atoms with E-state index in [1.165, 1.54) is 61.4 Å². The van der Waals surface area contributed by atoms with Crippen LogP contribution in [0.25, 0.3) is 0 Å². The van der Waals surface area contributed by atoms with Crippen LogP contribution in [0.1, 0.15) is 55.0 Å². The number of hydrogen-bond acceptors (Lipinski definition) is 3. The Labute approximate surface area is 123 Å². The van der Waals surface area contributed by atoms with Crippen molar-refractivity contribution in [1.82, 2.24) is 5.32 Å². The first-order valence-corrected chi connectivity index (χ1v) is 9.26. The molecule has 4 heteroatoms. The van der Waals surface area contributed by atoms with Crippen molar-refractivity contribution in [3.63, 3.8) is 0 Å². The summed E-state index contributed by atoms with van der Waals surface area (Å²) in [6, 6.07) is 2.71. The molecule has 3 aliphatic rings. The first-order chi connectivity index (χ1) is 9.35. The molecular formula is C15H20N2S2. The van der Waals surface area contributed by atoms with Crippen LogP contribution in [-0.2, 0) is 6.42 Å². The lowest BCUT2D eigenvalue weighted by Crippen LogP contribution is -2.40. The molecule has 1 N–H and O–H groups in total. The number of aliphatic imine (C=N–C) groups is 1. The number of rotatable bonds is 1. The fourth-order valence-corrected chi connectivity index (χ4v) is 5.88.